The van der Waals surface area contributed by atoms with E-state index in [2.05, 4.69) is 5.32 Å². The van der Waals surface area contributed by atoms with E-state index in [9.17, 15) is 9.90 Å². The third-order valence-corrected chi connectivity index (χ3v) is 3.77. The van der Waals surface area contributed by atoms with E-state index >= 15 is 0 Å². The Morgan fingerprint density at radius 1 is 1.37 bits per heavy atom. The molecule has 0 saturated heterocycles. The highest BCUT2D eigenvalue weighted by Gasteiger charge is 2.23. The summed E-state index contributed by atoms with van der Waals surface area (Å²) < 4.78 is 5.17. The average Bonchev–Trinajstić information content (AvgIpc) is 2.40. The van der Waals surface area contributed by atoms with Crippen molar-refractivity contribution in [1.82, 2.24) is 5.32 Å². The molecule has 1 aliphatic rings. The van der Waals surface area contributed by atoms with Gasteiger partial charge >= 0.3 is 0 Å². The molecule has 1 aromatic rings. The second-order valence-electron chi connectivity index (χ2n) is 4.80. The highest BCUT2D eigenvalue weighted by Crippen LogP contribution is 2.27. The molecule has 1 saturated carbocycles. The lowest BCUT2D eigenvalue weighted by Crippen LogP contribution is -2.38. The SMILES string of the molecule is COc1cccc(Cl)c1C(=O)NC1CCC(O)CC1. The standard InChI is InChI=1S/C14H18ClNO3/c1-19-12-4-2-3-11(15)13(12)14(18)16-9-5-7-10(17)8-6-9/h2-4,9-10,17H,5-8H2,1H3,(H,16,18). The molecule has 0 heterocycles. The zero-order valence-corrected chi connectivity index (χ0v) is 11.6. The van der Waals surface area contributed by atoms with Crippen LogP contribution < -0.4 is 10.1 Å². The first-order chi connectivity index (χ1) is 9.11. The van der Waals surface area contributed by atoms with Crippen LogP contribution in [0.5, 0.6) is 5.75 Å². The third-order valence-electron chi connectivity index (χ3n) is 3.45. The number of methoxy groups -OCH3 is 1. The maximum atomic E-state index is 12.3. The lowest BCUT2D eigenvalue weighted by Gasteiger charge is -2.26. The average molecular weight is 284 g/mol. The summed E-state index contributed by atoms with van der Waals surface area (Å²) in [7, 11) is 1.51. The van der Waals surface area contributed by atoms with Crippen molar-refractivity contribution in [1.29, 1.82) is 0 Å². The minimum atomic E-state index is -0.233. The van der Waals surface area contributed by atoms with E-state index in [-0.39, 0.29) is 18.1 Å². The van der Waals surface area contributed by atoms with Gasteiger partial charge in [-0.1, -0.05) is 17.7 Å². The lowest BCUT2D eigenvalue weighted by atomic mass is 9.93. The van der Waals surface area contributed by atoms with Gasteiger partial charge in [0.1, 0.15) is 5.75 Å². The first-order valence-corrected chi connectivity index (χ1v) is 6.81. The van der Waals surface area contributed by atoms with Crippen LogP contribution in [0, 0.1) is 0 Å². The summed E-state index contributed by atoms with van der Waals surface area (Å²) in [6.45, 7) is 0. The van der Waals surface area contributed by atoms with Crippen molar-refractivity contribution in [3.63, 3.8) is 0 Å². The molecule has 104 valence electrons. The molecule has 2 rings (SSSR count). The number of aliphatic hydroxyl groups is 1. The Labute approximate surface area is 117 Å². The predicted octanol–water partition coefficient (Wildman–Crippen LogP) is 2.38. The van der Waals surface area contributed by atoms with Gasteiger partial charge in [-0.25, -0.2) is 0 Å². The normalized spacial score (nSPS) is 22.9. The molecule has 5 heteroatoms. The van der Waals surface area contributed by atoms with Crippen LogP contribution in [0.15, 0.2) is 18.2 Å². The van der Waals surface area contributed by atoms with Crippen molar-refractivity contribution in [3.05, 3.63) is 28.8 Å². The highest BCUT2D eigenvalue weighted by molar-refractivity contribution is 6.34. The van der Waals surface area contributed by atoms with Crippen LogP contribution in [0.3, 0.4) is 0 Å². The molecular formula is C14H18ClNO3. The van der Waals surface area contributed by atoms with Gasteiger partial charge in [-0.05, 0) is 37.8 Å². The molecule has 0 radical (unpaired) electrons. The monoisotopic (exact) mass is 283 g/mol. The molecule has 1 aromatic carbocycles. The zero-order chi connectivity index (χ0) is 13.8. The van der Waals surface area contributed by atoms with Crippen molar-refractivity contribution in [2.45, 2.75) is 37.8 Å². The van der Waals surface area contributed by atoms with Crippen LogP contribution in [0.2, 0.25) is 5.02 Å². The second-order valence-corrected chi connectivity index (χ2v) is 5.20. The number of aliphatic hydroxyl groups excluding tert-OH is 1. The fourth-order valence-corrected chi connectivity index (χ4v) is 2.62. The molecule has 0 bridgehead atoms. The third kappa shape index (κ3) is 3.39. The van der Waals surface area contributed by atoms with Gasteiger partial charge < -0.3 is 15.2 Å². The molecule has 0 atom stereocenters. The number of carbonyl (C=O) groups excluding carboxylic acids is 1. The summed E-state index contributed by atoms with van der Waals surface area (Å²) in [6, 6.07) is 5.22. The molecule has 0 aromatic heterocycles. The molecule has 1 amide bonds. The van der Waals surface area contributed by atoms with E-state index in [1.54, 1.807) is 18.2 Å². The Bertz CT molecular complexity index is 456. The van der Waals surface area contributed by atoms with Crippen LogP contribution >= 0.6 is 11.6 Å². The Balaban J connectivity index is 2.08. The van der Waals surface area contributed by atoms with Gasteiger partial charge in [-0.3, -0.25) is 4.79 Å². The Morgan fingerprint density at radius 2 is 2.05 bits per heavy atom. The van der Waals surface area contributed by atoms with Crippen molar-refractivity contribution in [2.24, 2.45) is 0 Å². The van der Waals surface area contributed by atoms with Crippen LogP contribution in [-0.4, -0.2) is 30.3 Å². The van der Waals surface area contributed by atoms with Crippen molar-refractivity contribution >= 4 is 17.5 Å². The van der Waals surface area contributed by atoms with E-state index in [1.165, 1.54) is 7.11 Å². The number of amides is 1. The molecular weight excluding hydrogens is 266 g/mol. The maximum absolute atomic E-state index is 12.3. The summed E-state index contributed by atoms with van der Waals surface area (Å²) in [5.41, 5.74) is 0.373. The molecule has 4 nitrogen and oxygen atoms in total. The van der Waals surface area contributed by atoms with E-state index < -0.39 is 0 Å². The van der Waals surface area contributed by atoms with Gasteiger partial charge in [0.25, 0.3) is 5.91 Å². The van der Waals surface area contributed by atoms with Gasteiger partial charge in [0.05, 0.1) is 23.8 Å². The molecule has 0 spiro atoms. The summed E-state index contributed by atoms with van der Waals surface area (Å²) in [6.07, 6.45) is 2.80. The minimum Gasteiger partial charge on any atom is -0.496 e. The molecule has 1 fully saturated rings. The molecule has 19 heavy (non-hydrogen) atoms. The van der Waals surface area contributed by atoms with E-state index in [1.807, 2.05) is 0 Å². The van der Waals surface area contributed by atoms with Gasteiger partial charge in [-0.15, -0.1) is 0 Å². The van der Waals surface area contributed by atoms with E-state index in [0.29, 0.717) is 16.3 Å². The van der Waals surface area contributed by atoms with Crippen molar-refractivity contribution in [2.75, 3.05) is 7.11 Å². The molecule has 0 unspecified atom stereocenters. The molecule has 1 aliphatic carbocycles. The Hall–Kier alpha value is -1.26. The number of hydrogen-bond acceptors (Lipinski definition) is 3. The van der Waals surface area contributed by atoms with E-state index in [4.69, 9.17) is 16.3 Å². The van der Waals surface area contributed by atoms with Crippen LogP contribution in [0.1, 0.15) is 36.0 Å². The summed E-state index contributed by atoms with van der Waals surface area (Å²) >= 11 is 6.06. The van der Waals surface area contributed by atoms with E-state index in [0.717, 1.165) is 25.7 Å². The van der Waals surface area contributed by atoms with Gasteiger partial charge in [0.15, 0.2) is 0 Å². The number of ether oxygens (including phenoxy) is 1. The fraction of sp³-hybridized carbons (Fsp3) is 0.500. The van der Waals surface area contributed by atoms with Crippen molar-refractivity contribution in [3.8, 4) is 5.75 Å². The number of carbonyl (C=O) groups is 1. The summed E-state index contributed by atoms with van der Waals surface area (Å²) in [5.74, 6) is 0.254. The van der Waals surface area contributed by atoms with Gasteiger partial charge in [-0.2, -0.15) is 0 Å². The highest BCUT2D eigenvalue weighted by atomic mass is 35.5. The fourth-order valence-electron chi connectivity index (χ4n) is 2.37. The van der Waals surface area contributed by atoms with Gasteiger partial charge in [0, 0.05) is 6.04 Å². The van der Waals surface area contributed by atoms with Crippen LogP contribution in [0.25, 0.3) is 0 Å². The first kappa shape index (κ1) is 14.2. The van der Waals surface area contributed by atoms with Crippen LogP contribution in [-0.2, 0) is 0 Å². The second kappa shape index (κ2) is 6.26. The predicted molar refractivity (Wildman–Crippen MR) is 73.7 cm³/mol. The van der Waals surface area contributed by atoms with Crippen molar-refractivity contribution < 1.29 is 14.6 Å². The zero-order valence-electron chi connectivity index (χ0n) is 10.9. The summed E-state index contributed by atoms with van der Waals surface area (Å²) in [4.78, 5) is 12.3. The Morgan fingerprint density at radius 3 is 2.68 bits per heavy atom. The first-order valence-electron chi connectivity index (χ1n) is 6.43. The number of benzene rings is 1. The van der Waals surface area contributed by atoms with Gasteiger partial charge in [0.2, 0.25) is 0 Å². The molecule has 0 aliphatic heterocycles. The number of rotatable bonds is 3. The molecule has 2 N–H and O–H groups in total. The number of nitrogens with one attached hydrogen (secondary N) is 1. The summed E-state index contributed by atoms with van der Waals surface area (Å²) in [5, 5.41) is 12.8. The minimum absolute atomic E-state index is 0.0943. The largest absolute Gasteiger partial charge is 0.496 e. The quantitative estimate of drug-likeness (QED) is 0.895. The maximum Gasteiger partial charge on any atom is 0.256 e. The topological polar surface area (TPSA) is 58.6 Å². The smallest absolute Gasteiger partial charge is 0.256 e. The number of hydrogen-bond donors (Lipinski definition) is 2. The lowest BCUT2D eigenvalue weighted by molar-refractivity contribution is 0.0865. The Kier molecular flexibility index (Phi) is 4.66. The van der Waals surface area contributed by atoms with Crippen LogP contribution in [0.4, 0.5) is 0 Å². The number of halogens is 1.